The standard InChI is InChI=1S/C14H14N2O3/c1-2-16-7-6-8-11-9(14(18)19)4-3-5-10(11)15-12(8)13(16)17/h3-5,15H,2,6-7H2,1H3,(H,18,19). The lowest BCUT2D eigenvalue weighted by molar-refractivity contribution is 0.0696. The van der Waals surface area contributed by atoms with Gasteiger partial charge in [0.05, 0.1) is 5.56 Å². The first-order valence-electron chi connectivity index (χ1n) is 6.29. The number of aromatic amines is 1. The van der Waals surface area contributed by atoms with E-state index in [-0.39, 0.29) is 11.5 Å². The molecule has 0 saturated carbocycles. The van der Waals surface area contributed by atoms with Gasteiger partial charge in [0.15, 0.2) is 0 Å². The summed E-state index contributed by atoms with van der Waals surface area (Å²) in [6, 6.07) is 5.08. The van der Waals surface area contributed by atoms with Gasteiger partial charge < -0.3 is 15.0 Å². The number of aromatic carboxylic acids is 1. The van der Waals surface area contributed by atoms with E-state index in [4.69, 9.17) is 0 Å². The zero-order valence-electron chi connectivity index (χ0n) is 10.6. The second kappa shape index (κ2) is 4.12. The maximum Gasteiger partial charge on any atom is 0.336 e. The molecule has 1 aromatic carbocycles. The second-order valence-corrected chi connectivity index (χ2v) is 4.65. The molecule has 98 valence electrons. The number of aromatic nitrogens is 1. The number of carboxylic acid groups (broad SMARTS) is 1. The number of likely N-dealkylation sites (N-methyl/N-ethyl adjacent to an activating group) is 1. The summed E-state index contributed by atoms with van der Waals surface area (Å²) in [6.07, 6.45) is 0.694. The van der Waals surface area contributed by atoms with Gasteiger partial charge in [-0.15, -0.1) is 0 Å². The Balaban J connectivity index is 2.28. The van der Waals surface area contributed by atoms with E-state index in [1.807, 2.05) is 13.0 Å². The van der Waals surface area contributed by atoms with Crippen LogP contribution >= 0.6 is 0 Å². The number of hydrogen-bond donors (Lipinski definition) is 2. The van der Waals surface area contributed by atoms with Crippen LogP contribution in [0.3, 0.4) is 0 Å². The summed E-state index contributed by atoms with van der Waals surface area (Å²) < 4.78 is 0. The van der Waals surface area contributed by atoms with Crippen molar-refractivity contribution in [2.24, 2.45) is 0 Å². The van der Waals surface area contributed by atoms with Crippen LogP contribution in [0.15, 0.2) is 18.2 Å². The van der Waals surface area contributed by atoms with E-state index >= 15 is 0 Å². The highest BCUT2D eigenvalue weighted by Gasteiger charge is 2.28. The van der Waals surface area contributed by atoms with Gasteiger partial charge in [0.25, 0.3) is 5.91 Å². The Morgan fingerprint density at radius 2 is 2.26 bits per heavy atom. The van der Waals surface area contributed by atoms with Gasteiger partial charge >= 0.3 is 5.97 Å². The second-order valence-electron chi connectivity index (χ2n) is 4.65. The van der Waals surface area contributed by atoms with E-state index in [0.717, 1.165) is 11.1 Å². The van der Waals surface area contributed by atoms with Gasteiger partial charge in [0.2, 0.25) is 0 Å². The van der Waals surface area contributed by atoms with Crippen molar-refractivity contribution in [2.45, 2.75) is 13.3 Å². The van der Waals surface area contributed by atoms with E-state index in [2.05, 4.69) is 4.98 Å². The molecule has 0 fully saturated rings. The SMILES string of the molecule is CCN1CCc2c([nH]c3cccc(C(=O)O)c23)C1=O. The lowest BCUT2D eigenvalue weighted by Crippen LogP contribution is -2.37. The van der Waals surface area contributed by atoms with Crippen LogP contribution in [-0.4, -0.2) is 40.0 Å². The molecule has 0 atom stereocenters. The van der Waals surface area contributed by atoms with Gasteiger partial charge in [-0.3, -0.25) is 4.79 Å². The number of fused-ring (bicyclic) bond motifs is 3. The number of hydrogen-bond acceptors (Lipinski definition) is 2. The lowest BCUT2D eigenvalue weighted by Gasteiger charge is -2.25. The molecule has 0 spiro atoms. The van der Waals surface area contributed by atoms with Crippen molar-refractivity contribution < 1.29 is 14.7 Å². The molecule has 0 radical (unpaired) electrons. The summed E-state index contributed by atoms with van der Waals surface area (Å²) in [5.41, 5.74) is 2.35. The summed E-state index contributed by atoms with van der Waals surface area (Å²) in [7, 11) is 0. The number of benzene rings is 1. The molecule has 0 aliphatic carbocycles. The molecule has 19 heavy (non-hydrogen) atoms. The number of carboxylic acids is 1. The minimum Gasteiger partial charge on any atom is -0.478 e. The number of nitrogens with zero attached hydrogens (tertiary/aromatic N) is 1. The largest absolute Gasteiger partial charge is 0.478 e. The zero-order chi connectivity index (χ0) is 13.6. The van der Waals surface area contributed by atoms with Crippen molar-refractivity contribution in [1.82, 2.24) is 9.88 Å². The Bertz CT molecular complexity index is 687. The number of H-pyrrole nitrogens is 1. The number of nitrogens with one attached hydrogen (secondary N) is 1. The first-order valence-corrected chi connectivity index (χ1v) is 6.29. The van der Waals surface area contributed by atoms with Crippen molar-refractivity contribution in [1.29, 1.82) is 0 Å². The van der Waals surface area contributed by atoms with Gasteiger partial charge in [-0.25, -0.2) is 4.79 Å². The van der Waals surface area contributed by atoms with Crippen molar-refractivity contribution in [3.8, 4) is 0 Å². The van der Waals surface area contributed by atoms with Gasteiger partial charge in [-0.05, 0) is 31.0 Å². The van der Waals surface area contributed by atoms with Gasteiger partial charge in [-0.2, -0.15) is 0 Å². The number of rotatable bonds is 2. The van der Waals surface area contributed by atoms with E-state index < -0.39 is 5.97 Å². The molecule has 1 aliphatic heterocycles. The normalized spacial score (nSPS) is 14.8. The van der Waals surface area contributed by atoms with Crippen LogP contribution < -0.4 is 0 Å². The summed E-state index contributed by atoms with van der Waals surface area (Å²) in [4.78, 5) is 28.4. The topological polar surface area (TPSA) is 73.4 Å². The average Bonchev–Trinajstić information content (AvgIpc) is 2.78. The molecule has 0 unspecified atom stereocenters. The highest BCUT2D eigenvalue weighted by atomic mass is 16.4. The molecule has 2 heterocycles. The summed E-state index contributed by atoms with van der Waals surface area (Å²) >= 11 is 0. The molecule has 0 bridgehead atoms. The maximum absolute atomic E-state index is 12.2. The number of carbonyl (C=O) groups excluding carboxylic acids is 1. The molecule has 5 heteroatoms. The molecule has 2 aromatic rings. The van der Waals surface area contributed by atoms with Gasteiger partial charge in [0, 0.05) is 24.0 Å². The third-order valence-electron chi connectivity index (χ3n) is 3.67. The van der Waals surface area contributed by atoms with E-state index in [0.29, 0.717) is 30.6 Å². The van der Waals surface area contributed by atoms with Crippen LogP contribution in [0, 0.1) is 0 Å². The molecule has 2 N–H and O–H groups in total. The Hall–Kier alpha value is -2.30. The molecule has 5 nitrogen and oxygen atoms in total. The summed E-state index contributed by atoms with van der Waals surface area (Å²) in [5, 5.41) is 9.93. The van der Waals surface area contributed by atoms with Crippen LogP contribution in [-0.2, 0) is 6.42 Å². The van der Waals surface area contributed by atoms with Gasteiger partial charge in [-0.1, -0.05) is 6.07 Å². The molecule has 1 aliphatic rings. The molecule has 0 saturated heterocycles. The lowest BCUT2D eigenvalue weighted by atomic mass is 9.99. The zero-order valence-corrected chi connectivity index (χ0v) is 10.6. The minimum absolute atomic E-state index is 0.0451. The Labute approximate surface area is 109 Å². The summed E-state index contributed by atoms with van der Waals surface area (Å²) in [5.74, 6) is -1.01. The fourth-order valence-electron chi connectivity index (χ4n) is 2.74. The number of carbonyl (C=O) groups is 2. The number of amides is 1. The van der Waals surface area contributed by atoms with E-state index in [1.54, 1.807) is 17.0 Å². The van der Waals surface area contributed by atoms with Crippen LogP contribution in [0.2, 0.25) is 0 Å². The van der Waals surface area contributed by atoms with E-state index in [9.17, 15) is 14.7 Å². The summed E-state index contributed by atoms with van der Waals surface area (Å²) in [6.45, 7) is 3.25. The minimum atomic E-state index is -0.960. The third-order valence-corrected chi connectivity index (χ3v) is 3.67. The molecular formula is C14H14N2O3. The maximum atomic E-state index is 12.2. The smallest absolute Gasteiger partial charge is 0.336 e. The van der Waals surface area contributed by atoms with Crippen LogP contribution in [0.4, 0.5) is 0 Å². The average molecular weight is 258 g/mol. The highest BCUT2D eigenvalue weighted by molar-refractivity contribution is 6.09. The Morgan fingerprint density at radius 1 is 1.47 bits per heavy atom. The molecule has 1 aromatic heterocycles. The fraction of sp³-hybridized carbons (Fsp3) is 0.286. The fourth-order valence-corrected chi connectivity index (χ4v) is 2.74. The monoisotopic (exact) mass is 258 g/mol. The van der Waals surface area contributed by atoms with Crippen LogP contribution in [0.1, 0.15) is 33.3 Å². The van der Waals surface area contributed by atoms with Crippen molar-refractivity contribution in [3.05, 3.63) is 35.0 Å². The predicted octanol–water partition coefficient (Wildman–Crippen LogP) is 1.88. The van der Waals surface area contributed by atoms with Crippen LogP contribution in [0.5, 0.6) is 0 Å². The Morgan fingerprint density at radius 3 is 2.95 bits per heavy atom. The predicted molar refractivity (Wildman–Crippen MR) is 70.5 cm³/mol. The Kier molecular flexibility index (Phi) is 2.55. The quantitative estimate of drug-likeness (QED) is 0.863. The highest BCUT2D eigenvalue weighted by Crippen LogP contribution is 2.30. The van der Waals surface area contributed by atoms with Gasteiger partial charge in [0.1, 0.15) is 5.69 Å². The van der Waals surface area contributed by atoms with Crippen molar-refractivity contribution >= 4 is 22.8 Å². The van der Waals surface area contributed by atoms with Crippen molar-refractivity contribution in [3.63, 3.8) is 0 Å². The third kappa shape index (κ3) is 1.62. The van der Waals surface area contributed by atoms with Crippen molar-refractivity contribution in [2.75, 3.05) is 13.1 Å². The first-order chi connectivity index (χ1) is 9.13. The van der Waals surface area contributed by atoms with Crippen LogP contribution in [0.25, 0.3) is 10.9 Å². The molecular weight excluding hydrogens is 244 g/mol. The molecule has 1 amide bonds. The molecule has 3 rings (SSSR count). The van der Waals surface area contributed by atoms with E-state index in [1.165, 1.54) is 0 Å². The first kappa shape index (κ1) is 11.8.